The van der Waals surface area contributed by atoms with E-state index in [1.165, 1.54) is 0 Å². The van der Waals surface area contributed by atoms with E-state index in [0.29, 0.717) is 42.8 Å². The number of aliphatic hydroxyl groups excluding tert-OH is 2. The Hall–Kier alpha value is -3.07. The largest absolute Gasteiger partial charge is 0.487 e. The molecule has 3 aromatic rings. The van der Waals surface area contributed by atoms with Crippen molar-refractivity contribution in [3.8, 4) is 16.9 Å². The number of allylic oxidation sites excluding steroid dienone is 1. The Bertz CT molecular complexity index is 1260. The number of halogens is 1. The average Bonchev–Trinajstić information content (AvgIpc) is 3.58. The number of hydrogen-bond donors (Lipinski definition) is 4. The van der Waals surface area contributed by atoms with Crippen molar-refractivity contribution in [2.45, 2.75) is 50.5 Å². The Labute approximate surface area is 196 Å². The van der Waals surface area contributed by atoms with Crippen LogP contribution in [0, 0.1) is 18.7 Å². The molecule has 0 spiro atoms. The molecule has 2 aromatic heterocycles. The fourth-order valence-electron chi connectivity index (χ4n) is 5.68. The molecular weight excluding hydrogens is 435 g/mol. The van der Waals surface area contributed by atoms with Gasteiger partial charge in [-0.05, 0) is 44.0 Å². The number of benzene rings is 1. The summed E-state index contributed by atoms with van der Waals surface area (Å²) in [5.74, 6) is -0.0344. The van der Waals surface area contributed by atoms with Gasteiger partial charge in [-0.1, -0.05) is 12.2 Å². The van der Waals surface area contributed by atoms with E-state index < -0.39 is 18.3 Å². The van der Waals surface area contributed by atoms with Crippen molar-refractivity contribution in [2.24, 2.45) is 5.92 Å². The number of ether oxygens (including phenoxy) is 1. The highest BCUT2D eigenvalue weighted by Gasteiger charge is 2.48. The molecule has 1 unspecified atom stereocenters. The fourth-order valence-corrected chi connectivity index (χ4v) is 5.68. The van der Waals surface area contributed by atoms with Crippen LogP contribution < -0.4 is 10.1 Å². The first-order chi connectivity index (χ1) is 16.5. The van der Waals surface area contributed by atoms with Crippen molar-refractivity contribution >= 4 is 6.08 Å². The normalized spacial score (nSPS) is 27.6. The van der Waals surface area contributed by atoms with E-state index in [4.69, 9.17) is 4.74 Å². The summed E-state index contributed by atoms with van der Waals surface area (Å²) in [6, 6.07) is 3.55. The first-order valence-corrected chi connectivity index (χ1v) is 11.7. The lowest BCUT2D eigenvalue weighted by atomic mass is 9.87. The molecule has 1 aliphatic heterocycles. The standard InChI is InChI=1S/C26H27FN4O3/c1-13-15-2-3-17(24(15)31-12-30-13)19-9-22(26(33)25(19)32)34-21-8-18(14-4-6-28-10-14)23(27)16-5-7-29-11-20(16)21/h2-4,6,8,10,12,17,19,22,25-26,28-29,32-33H,5,7,9,11H2,1H3/t17?,19-,22-,25-,26+/m0/s1. The third-order valence-electron chi connectivity index (χ3n) is 7.51. The minimum atomic E-state index is -1.06. The van der Waals surface area contributed by atoms with Crippen LogP contribution in [0.25, 0.3) is 17.2 Å². The predicted octanol–water partition coefficient (Wildman–Crippen LogP) is 2.86. The molecule has 5 atom stereocenters. The number of hydrogen-bond acceptors (Lipinski definition) is 6. The van der Waals surface area contributed by atoms with Gasteiger partial charge < -0.3 is 25.3 Å². The summed E-state index contributed by atoms with van der Waals surface area (Å²) in [7, 11) is 0. The molecule has 1 fully saturated rings. The van der Waals surface area contributed by atoms with Crippen molar-refractivity contribution in [1.29, 1.82) is 0 Å². The van der Waals surface area contributed by atoms with Crippen LogP contribution in [0.1, 0.15) is 40.4 Å². The van der Waals surface area contributed by atoms with E-state index in [9.17, 15) is 10.2 Å². The molecule has 34 heavy (non-hydrogen) atoms. The van der Waals surface area contributed by atoms with Crippen molar-refractivity contribution in [1.82, 2.24) is 20.3 Å². The third-order valence-corrected chi connectivity index (χ3v) is 7.51. The summed E-state index contributed by atoms with van der Waals surface area (Å²) in [5.41, 5.74) is 5.40. The zero-order valence-corrected chi connectivity index (χ0v) is 18.8. The molecule has 2 aliphatic carbocycles. The van der Waals surface area contributed by atoms with Gasteiger partial charge in [0.15, 0.2) is 0 Å². The number of aliphatic hydroxyl groups is 2. The summed E-state index contributed by atoms with van der Waals surface area (Å²) in [5, 5.41) is 25.2. The van der Waals surface area contributed by atoms with E-state index >= 15 is 4.39 Å². The van der Waals surface area contributed by atoms with Crippen LogP contribution in [0.2, 0.25) is 0 Å². The smallest absolute Gasteiger partial charge is 0.134 e. The number of aryl methyl sites for hydroxylation is 1. The summed E-state index contributed by atoms with van der Waals surface area (Å²) >= 11 is 0. The zero-order chi connectivity index (χ0) is 23.4. The lowest BCUT2D eigenvalue weighted by Gasteiger charge is -2.26. The van der Waals surface area contributed by atoms with Gasteiger partial charge in [-0.2, -0.15) is 0 Å². The second-order valence-electron chi connectivity index (χ2n) is 9.40. The zero-order valence-electron chi connectivity index (χ0n) is 18.8. The van der Waals surface area contributed by atoms with Crippen LogP contribution in [0.3, 0.4) is 0 Å². The molecule has 1 saturated carbocycles. The molecule has 0 saturated heterocycles. The van der Waals surface area contributed by atoms with Crippen LogP contribution in [-0.2, 0) is 13.0 Å². The van der Waals surface area contributed by atoms with E-state index in [2.05, 4.69) is 20.3 Å². The highest BCUT2D eigenvalue weighted by molar-refractivity contribution is 5.68. The molecule has 8 heteroatoms. The molecule has 7 nitrogen and oxygen atoms in total. The topological polar surface area (TPSA) is 103 Å². The van der Waals surface area contributed by atoms with Gasteiger partial charge in [0.1, 0.15) is 30.1 Å². The van der Waals surface area contributed by atoms with Crippen molar-refractivity contribution in [3.05, 3.63) is 70.8 Å². The number of aromatic amines is 1. The first-order valence-electron chi connectivity index (χ1n) is 11.7. The minimum Gasteiger partial charge on any atom is -0.487 e. The molecule has 6 rings (SSSR count). The van der Waals surface area contributed by atoms with Crippen molar-refractivity contribution < 1.29 is 19.3 Å². The molecule has 176 valence electrons. The maximum absolute atomic E-state index is 15.4. The summed E-state index contributed by atoms with van der Waals surface area (Å²) in [6.07, 6.45) is 7.48. The van der Waals surface area contributed by atoms with Crippen LogP contribution in [-0.4, -0.2) is 50.0 Å². The Morgan fingerprint density at radius 3 is 2.88 bits per heavy atom. The van der Waals surface area contributed by atoms with Crippen LogP contribution in [0.15, 0.2) is 36.9 Å². The van der Waals surface area contributed by atoms with E-state index in [0.717, 1.165) is 28.1 Å². The Kier molecular flexibility index (Phi) is 5.24. The lowest BCUT2D eigenvalue weighted by Crippen LogP contribution is -2.35. The lowest BCUT2D eigenvalue weighted by molar-refractivity contribution is -0.0196. The summed E-state index contributed by atoms with van der Waals surface area (Å²) < 4.78 is 21.8. The number of H-pyrrole nitrogens is 1. The summed E-state index contributed by atoms with van der Waals surface area (Å²) in [4.78, 5) is 11.7. The van der Waals surface area contributed by atoms with Gasteiger partial charge in [0.05, 0.1) is 11.8 Å². The van der Waals surface area contributed by atoms with Gasteiger partial charge in [0, 0.05) is 58.7 Å². The highest BCUT2D eigenvalue weighted by atomic mass is 19.1. The monoisotopic (exact) mass is 462 g/mol. The first kappa shape index (κ1) is 21.5. The number of aromatic nitrogens is 3. The predicted molar refractivity (Wildman–Crippen MR) is 125 cm³/mol. The quantitative estimate of drug-likeness (QED) is 0.476. The molecule has 1 aromatic carbocycles. The van der Waals surface area contributed by atoms with E-state index in [1.54, 1.807) is 24.8 Å². The molecule has 3 heterocycles. The SMILES string of the molecule is Cc1ncnc2c1C=CC2[C@@H]1C[C@H](Oc2cc(-c3cc[nH]c3)c(F)c3c2CNCC3)[C@@H](O)[C@H]1O. The third kappa shape index (κ3) is 3.36. The van der Waals surface area contributed by atoms with E-state index in [1.807, 2.05) is 25.1 Å². The fraction of sp³-hybridized carbons (Fsp3) is 0.385. The number of nitrogens with one attached hydrogen (secondary N) is 2. The molecule has 4 N–H and O–H groups in total. The van der Waals surface area contributed by atoms with E-state index in [-0.39, 0.29) is 17.7 Å². The molecule has 0 amide bonds. The van der Waals surface area contributed by atoms with Gasteiger partial charge in [-0.25, -0.2) is 14.4 Å². The minimum absolute atomic E-state index is 0.117. The van der Waals surface area contributed by atoms with Gasteiger partial charge in [0.2, 0.25) is 0 Å². The second kappa shape index (κ2) is 8.30. The van der Waals surface area contributed by atoms with Crippen molar-refractivity contribution in [2.75, 3.05) is 6.54 Å². The molecule has 0 radical (unpaired) electrons. The van der Waals surface area contributed by atoms with Gasteiger partial charge in [0.25, 0.3) is 0 Å². The van der Waals surface area contributed by atoms with Gasteiger partial charge in [-0.15, -0.1) is 0 Å². The highest BCUT2D eigenvalue weighted by Crippen LogP contribution is 2.45. The maximum atomic E-state index is 15.4. The number of rotatable bonds is 4. The van der Waals surface area contributed by atoms with Crippen molar-refractivity contribution in [3.63, 3.8) is 0 Å². The Balaban J connectivity index is 1.32. The molecule has 0 bridgehead atoms. The van der Waals surface area contributed by atoms with Gasteiger partial charge >= 0.3 is 0 Å². The van der Waals surface area contributed by atoms with Crippen LogP contribution >= 0.6 is 0 Å². The average molecular weight is 463 g/mol. The Morgan fingerprint density at radius 1 is 1.18 bits per heavy atom. The number of nitrogens with zero attached hydrogens (tertiary/aromatic N) is 2. The summed E-state index contributed by atoms with van der Waals surface area (Å²) in [6.45, 7) is 3.13. The molecule has 3 aliphatic rings. The number of fused-ring (bicyclic) bond motifs is 2. The maximum Gasteiger partial charge on any atom is 0.134 e. The molecular formula is C26H27FN4O3. The van der Waals surface area contributed by atoms with Crippen LogP contribution in [0.4, 0.5) is 4.39 Å². The van der Waals surface area contributed by atoms with Crippen LogP contribution in [0.5, 0.6) is 5.75 Å². The second-order valence-corrected chi connectivity index (χ2v) is 9.40. The Morgan fingerprint density at radius 2 is 2.06 bits per heavy atom. The van der Waals surface area contributed by atoms with Gasteiger partial charge in [-0.3, -0.25) is 0 Å².